The number of rotatable bonds is 4. The fraction of sp³-hybridized carbons (Fsp3) is 0.200. The Morgan fingerprint density at radius 1 is 1.00 bits per heavy atom. The normalized spacial score (nSPS) is 11.5. The highest BCUT2D eigenvalue weighted by molar-refractivity contribution is 6.31. The third kappa shape index (κ3) is 4.65. The summed E-state index contributed by atoms with van der Waals surface area (Å²) < 4.78 is 40.1. The molecule has 0 aromatic heterocycles. The molecular weight excluding hydrogens is 303 g/mol. The summed E-state index contributed by atoms with van der Waals surface area (Å²) in [4.78, 5) is 0. The molecule has 0 aliphatic carbocycles. The van der Waals surface area contributed by atoms with Gasteiger partial charge in [0, 0.05) is 5.02 Å². The van der Waals surface area contributed by atoms with Gasteiger partial charge < -0.3 is 10.5 Å². The van der Waals surface area contributed by atoms with Gasteiger partial charge in [-0.3, -0.25) is 0 Å². The van der Waals surface area contributed by atoms with Crippen LogP contribution in [0.5, 0.6) is 5.75 Å². The van der Waals surface area contributed by atoms with Crippen LogP contribution in [0.3, 0.4) is 0 Å². The summed E-state index contributed by atoms with van der Waals surface area (Å²) in [6, 6.07) is 11.1. The third-order valence-corrected chi connectivity index (χ3v) is 3.03. The van der Waals surface area contributed by atoms with E-state index >= 15 is 0 Å². The zero-order valence-electron chi connectivity index (χ0n) is 11.0. The van der Waals surface area contributed by atoms with Gasteiger partial charge in [0.2, 0.25) is 0 Å². The topological polar surface area (TPSA) is 35.2 Å². The summed E-state index contributed by atoms with van der Waals surface area (Å²) in [6.45, 7) is 0.498. The van der Waals surface area contributed by atoms with Crippen LogP contribution in [-0.2, 0) is 6.42 Å². The number of halogens is 4. The van der Waals surface area contributed by atoms with Crippen molar-refractivity contribution in [2.75, 3.05) is 6.54 Å². The molecule has 0 spiro atoms. The molecule has 0 radical (unpaired) electrons. The number of hydrogen-bond donors (Lipinski definition) is 1. The van der Waals surface area contributed by atoms with Gasteiger partial charge in [0.25, 0.3) is 0 Å². The van der Waals surface area contributed by atoms with E-state index in [0.29, 0.717) is 18.0 Å². The molecule has 112 valence electrons. The number of ether oxygens (including phenoxy) is 1. The molecule has 0 amide bonds. The first kappa shape index (κ1) is 15.7. The van der Waals surface area contributed by atoms with Crippen molar-refractivity contribution >= 4 is 11.6 Å². The summed E-state index contributed by atoms with van der Waals surface area (Å²) in [5, 5.41) is 0.562. The fourth-order valence-corrected chi connectivity index (χ4v) is 2.23. The minimum Gasteiger partial charge on any atom is -0.406 e. The van der Waals surface area contributed by atoms with Crippen molar-refractivity contribution < 1.29 is 17.9 Å². The highest BCUT2D eigenvalue weighted by atomic mass is 35.5. The average Bonchev–Trinajstić information content (AvgIpc) is 2.37. The summed E-state index contributed by atoms with van der Waals surface area (Å²) in [5.74, 6) is -0.254. The molecule has 0 aliphatic heterocycles. The minimum absolute atomic E-state index is 0.254. The quantitative estimate of drug-likeness (QED) is 0.907. The lowest BCUT2D eigenvalue weighted by Crippen LogP contribution is -2.16. The molecule has 0 heterocycles. The van der Waals surface area contributed by atoms with Crippen molar-refractivity contribution in [1.29, 1.82) is 0 Å². The van der Waals surface area contributed by atoms with Crippen LogP contribution in [0.1, 0.15) is 5.56 Å². The average molecular weight is 316 g/mol. The lowest BCUT2D eigenvalue weighted by atomic mass is 10.0. The van der Waals surface area contributed by atoms with Gasteiger partial charge in [-0.05, 0) is 53.9 Å². The fourth-order valence-electron chi connectivity index (χ4n) is 1.98. The van der Waals surface area contributed by atoms with Gasteiger partial charge in [-0.2, -0.15) is 0 Å². The summed E-state index contributed by atoms with van der Waals surface area (Å²) in [5.41, 5.74) is 8.07. The zero-order chi connectivity index (χ0) is 15.5. The molecule has 2 N–H and O–H groups in total. The first-order valence-electron chi connectivity index (χ1n) is 6.23. The van der Waals surface area contributed by atoms with E-state index in [4.69, 9.17) is 17.3 Å². The van der Waals surface area contributed by atoms with Crippen LogP contribution in [0.25, 0.3) is 11.1 Å². The number of hydrogen-bond acceptors (Lipinski definition) is 2. The lowest BCUT2D eigenvalue weighted by Gasteiger charge is -2.10. The Morgan fingerprint density at radius 2 is 1.67 bits per heavy atom. The van der Waals surface area contributed by atoms with E-state index in [1.165, 1.54) is 12.1 Å². The van der Waals surface area contributed by atoms with Crippen LogP contribution >= 0.6 is 11.6 Å². The van der Waals surface area contributed by atoms with Crippen molar-refractivity contribution in [3.05, 3.63) is 53.1 Å². The van der Waals surface area contributed by atoms with Gasteiger partial charge in [-0.15, -0.1) is 13.2 Å². The molecule has 0 saturated carbocycles. The van der Waals surface area contributed by atoms with Gasteiger partial charge in [-0.25, -0.2) is 0 Å². The van der Waals surface area contributed by atoms with Crippen molar-refractivity contribution in [3.8, 4) is 16.9 Å². The summed E-state index contributed by atoms with van der Waals surface area (Å²) in [7, 11) is 0. The van der Waals surface area contributed by atoms with Crippen molar-refractivity contribution in [2.45, 2.75) is 12.8 Å². The summed E-state index contributed by atoms with van der Waals surface area (Å²) in [6.07, 6.45) is -4.01. The van der Waals surface area contributed by atoms with Gasteiger partial charge in [0.1, 0.15) is 5.75 Å². The van der Waals surface area contributed by atoms with Crippen LogP contribution in [-0.4, -0.2) is 12.9 Å². The first-order chi connectivity index (χ1) is 9.87. The Hall–Kier alpha value is -1.72. The highest BCUT2D eigenvalue weighted by Crippen LogP contribution is 2.28. The van der Waals surface area contributed by atoms with Crippen LogP contribution in [0.4, 0.5) is 13.2 Å². The van der Waals surface area contributed by atoms with Gasteiger partial charge in [0.15, 0.2) is 0 Å². The second-order valence-electron chi connectivity index (χ2n) is 4.46. The number of benzene rings is 2. The molecule has 6 heteroatoms. The molecule has 0 aliphatic rings. The van der Waals surface area contributed by atoms with E-state index in [0.717, 1.165) is 16.7 Å². The van der Waals surface area contributed by atoms with Crippen molar-refractivity contribution in [3.63, 3.8) is 0 Å². The van der Waals surface area contributed by atoms with E-state index in [9.17, 15) is 13.2 Å². The van der Waals surface area contributed by atoms with E-state index < -0.39 is 6.36 Å². The summed E-state index contributed by atoms with van der Waals surface area (Å²) >= 11 is 6.04. The molecule has 2 aromatic carbocycles. The Balaban J connectivity index is 2.26. The maximum absolute atomic E-state index is 12.1. The van der Waals surface area contributed by atoms with Crippen molar-refractivity contribution in [2.24, 2.45) is 5.73 Å². The highest BCUT2D eigenvalue weighted by Gasteiger charge is 2.30. The third-order valence-electron chi connectivity index (χ3n) is 2.81. The Labute approximate surface area is 125 Å². The van der Waals surface area contributed by atoms with Crippen LogP contribution < -0.4 is 10.5 Å². The first-order valence-corrected chi connectivity index (χ1v) is 6.61. The molecule has 2 aromatic rings. The Bertz CT molecular complexity index is 611. The predicted molar refractivity (Wildman–Crippen MR) is 76.3 cm³/mol. The van der Waals surface area contributed by atoms with Crippen LogP contribution in [0.2, 0.25) is 5.02 Å². The molecule has 0 unspecified atom stereocenters. The minimum atomic E-state index is -4.69. The van der Waals surface area contributed by atoms with Gasteiger partial charge in [0.05, 0.1) is 0 Å². The molecule has 0 atom stereocenters. The zero-order valence-corrected chi connectivity index (χ0v) is 11.7. The molecular formula is C15H13ClF3NO. The van der Waals surface area contributed by atoms with Crippen molar-refractivity contribution in [1.82, 2.24) is 0 Å². The maximum Gasteiger partial charge on any atom is 0.573 e. The van der Waals surface area contributed by atoms with Gasteiger partial charge >= 0.3 is 6.36 Å². The van der Waals surface area contributed by atoms with Gasteiger partial charge in [-0.1, -0.05) is 29.8 Å². The van der Waals surface area contributed by atoms with Crippen LogP contribution in [0.15, 0.2) is 42.5 Å². The predicted octanol–water partition coefficient (Wildman–Crippen LogP) is 4.41. The largest absolute Gasteiger partial charge is 0.573 e. The van der Waals surface area contributed by atoms with E-state index in [1.807, 2.05) is 12.1 Å². The van der Waals surface area contributed by atoms with E-state index in [-0.39, 0.29) is 5.75 Å². The molecule has 2 rings (SSSR count). The van der Waals surface area contributed by atoms with Crippen LogP contribution in [0, 0.1) is 0 Å². The Morgan fingerprint density at radius 3 is 2.24 bits per heavy atom. The second-order valence-corrected chi connectivity index (χ2v) is 4.90. The molecule has 0 saturated heterocycles. The maximum atomic E-state index is 12.1. The smallest absolute Gasteiger partial charge is 0.406 e. The SMILES string of the molecule is NCCc1cc(Cl)cc(-c2ccc(OC(F)(F)F)cc2)c1. The molecule has 2 nitrogen and oxygen atoms in total. The lowest BCUT2D eigenvalue weighted by molar-refractivity contribution is -0.274. The van der Waals surface area contributed by atoms with E-state index in [1.54, 1.807) is 18.2 Å². The number of nitrogens with two attached hydrogens (primary N) is 1. The Kier molecular flexibility index (Phi) is 4.75. The standard InChI is InChI=1S/C15H13ClF3NO/c16-13-8-10(5-6-20)7-12(9-13)11-1-3-14(4-2-11)21-15(17,18)19/h1-4,7-9H,5-6,20H2. The monoisotopic (exact) mass is 315 g/mol. The molecule has 21 heavy (non-hydrogen) atoms. The van der Waals surface area contributed by atoms with E-state index in [2.05, 4.69) is 4.74 Å². The molecule has 0 fully saturated rings. The number of alkyl halides is 3. The second kappa shape index (κ2) is 6.37. The molecule has 0 bridgehead atoms.